The summed E-state index contributed by atoms with van der Waals surface area (Å²) in [5, 5.41) is 0. The third-order valence-corrected chi connectivity index (χ3v) is 5.45. The highest BCUT2D eigenvalue weighted by atomic mass is 19.4. The van der Waals surface area contributed by atoms with Crippen LogP contribution in [0.5, 0.6) is 0 Å². The van der Waals surface area contributed by atoms with Gasteiger partial charge in [-0.25, -0.2) is 4.98 Å². The van der Waals surface area contributed by atoms with E-state index >= 15 is 0 Å². The Morgan fingerprint density at radius 1 is 0.788 bits per heavy atom. The quantitative estimate of drug-likeness (QED) is 0.268. The van der Waals surface area contributed by atoms with Gasteiger partial charge in [-0.1, -0.05) is 12.1 Å². The molecule has 33 heavy (non-hydrogen) atoms. The molecule has 4 rings (SSSR count). The summed E-state index contributed by atoms with van der Waals surface area (Å²) in [7, 11) is 0. The van der Waals surface area contributed by atoms with Crippen molar-refractivity contribution < 1.29 is 22.0 Å². The Labute approximate surface area is 186 Å². The van der Waals surface area contributed by atoms with E-state index < -0.39 is 29.1 Å². The van der Waals surface area contributed by atoms with Crippen LogP contribution in [0.4, 0.5) is 22.0 Å². The average molecular weight is 458 g/mol. The SMILES string of the molecule is Cc1cn(-c2cccc(C(C)(C)c3cccc(-c4ccc(F)nc4F)n3)n2)cc1C(F)(F)F. The molecule has 4 aromatic heterocycles. The molecule has 0 saturated heterocycles. The van der Waals surface area contributed by atoms with Crippen molar-refractivity contribution in [1.29, 1.82) is 0 Å². The molecule has 0 radical (unpaired) electrons. The second-order valence-electron chi connectivity index (χ2n) is 8.15. The van der Waals surface area contributed by atoms with Gasteiger partial charge in [0.05, 0.1) is 28.2 Å². The molecule has 0 aliphatic rings. The van der Waals surface area contributed by atoms with Gasteiger partial charge in [0.25, 0.3) is 0 Å². The second-order valence-corrected chi connectivity index (χ2v) is 8.15. The van der Waals surface area contributed by atoms with Gasteiger partial charge in [-0.2, -0.15) is 26.9 Å². The highest BCUT2D eigenvalue weighted by molar-refractivity contribution is 5.59. The number of nitrogens with zero attached hydrogens (tertiary/aromatic N) is 4. The molecule has 4 heterocycles. The Morgan fingerprint density at radius 2 is 1.45 bits per heavy atom. The molecular formula is C24H19F5N4. The third-order valence-electron chi connectivity index (χ3n) is 5.45. The summed E-state index contributed by atoms with van der Waals surface area (Å²) in [4.78, 5) is 12.3. The van der Waals surface area contributed by atoms with E-state index in [4.69, 9.17) is 0 Å². The number of halogens is 5. The molecule has 0 spiro atoms. The molecule has 170 valence electrons. The molecule has 0 N–H and O–H groups in total. The molecule has 0 saturated carbocycles. The molecule has 0 atom stereocenters. The van der Waals surface area contributed by atoms with Crippen molar-refractivity contribution >= 4 is 0 Å². The van der Waals surface area contributed by atoms with E-state index in [-0.39, 0.29) is 16.8 Å². The standard InChI is InChI=1S/C24H19F5N4/c1-14-12-33(13-16(14)24(27,28)29)21-9-5-8-19(31-21)23(2,3)18-7-4-6-17(30-18)15-10-11-20(25)32-22(15)26/h4-13H,1-3H3. The molecule has 0 aromatic carbocycles. The fourth-order valence-corrected chi connectivity index (χ4v) is 3.57. The van der Waals surface area contributed by atoms with Crippen LogP contribution in [0.15, 0.2) is 60.9 Å². The van der Waals surface area contributed by atoms with Crippen LogP contribution in [0.1, 0.15) is 36.4 Å². The van der Waals surface area contributed by atoms with Gasteiger partial charge in [0.1, 0.15) is 5.82 Å². The lowest BCUT2D eigenvalue weighted by atomic mass is 9.84. The van der Waals surface area contributed by atoms with Crippen LogP contribution < -0.4 is 0 Å². The molecule has 0 amide bonds. The van der Waals surface area contributed by atoms with Crippen molar-refractivity contribution in [1.82, 2.24) is 19.5 Å². The minimum absolute atomic E-state index is 0.0539. The summed E-state index contributed by atoms with van der Waals surface area (Å²) in [6.07, 6.45) is -2.07. The van der Waals surface area contributed by atoms with Gasteiger partial charge in [0.2, 0.25) is 11.9 Å². The van der Waals surface area contributed by atoms with Crippen molar-refractivity contribution in [2.24, 2.45) is 0 Å². The van der Waals surface area contributed by atoms with E-state index in [0.29, 0.717) is 17.2 Å². The molecule has 0 fully saturated rings. The smallest absolute Gasteiger partial charge is 0.308 e. The Morgan fingerprint density at radius 3 is 2.09 bits per heavy atom. The van der Waals surface area contributed by atoms with E-state index in [2.05, 4.69) is 15.0 Å². The minimum atomic E-state index is -4.46. The zero-order valence-electron chi connectivity index (χ0n) is 18.0. The summed E-state index contributed by atoms with van der Waals surface area (Å²) in [5.41, 5.74) is 0.0352. The van der Waals surface area contributed by atoms with Gasteiger partial charge in [-0.05, 0) is 62.7 Å². The zero-order chi connectivity index (χ0) is 24.0. The Hall–Kier alpha value is -3.62. The molecule has 4 nitrogen and oxygen atoms in total. The number of hydrogen-bond acceptors (Lipinski definition) is 3. The van der Waals surface area contributed by atoms with Crippen LogP contribution in [0.3, 0.4) is 0 Å². The Bertz CT molecular complexity index is 1320. The van der Waals surface area contributed by atoms with E-state index in [1.54, 1.807) is 36.4 Å². The first-order valence-corrected chi connectivity index (χ1v) is 10.0. The topological polar surface area (TPSA) is 43.6 Å². The minimum Gasteiger partial charge on any atom is -0.308 e. The number of hydrogen-bond donors (Lipinski definition) is 0. The number of aryl methyl sites for hydroxylation is 1. The van der Waals surface area contributed by atoms with E-state index in [0.717, 1.165) is 12.3 Å². The predicted molar refractivity (Wildman–Crippen MR) is 113 cm³/mol. The lowest BCUT2D eigenvalue weighted by Crippen LogP contribution is -2.23. The van der Waals surface area contributed by atoms with Gasteiger partial charge in [0, 0.05) is 17.8 Å². The van der Waals surface area contributed by atoms with Gasteiger partial charge in [-0.15, -0.1) is 0 Å². The first kappa shape index (κ1) is 22.6. The zero-order valence-corrected chi connectivity index (χ0v) is 18.0. The van der Waals surface area contributed by atoms with Crippen LogP contribution in [-0.2, 0) is 11.6 Å². The van der Waals surface area contributed by atoms with Crippen molar-refractivity contribution in [3.63, 3.8) is 0 Å². The Balaban J connectivity index is 1.73. The monoisotopic (exact) mass is 458 g/mol. The molecule has 0 bridgehead atoms. The maximum absolute atomic E-state index is 14.2. The van der Waals surface area contributed by atoms with Crippen LogP contribution in [0, 0.1) is 18.8 Å². The highest BCUT2D eigenvalue weighted by Crippen LogP contribution is 2.34. The normalized spacial score (nSPS) is 12.2. The summed E-state index contributed by atoms with van der Waals surface area (Å²) in [6.45, 7) is 5.10. The van der Waals surface area contributed by atoms with E-state index in [9.17, 15) is 22.0 Å². The summed E-state index contributed by atoms with van der Waals surface area (Å²) in [5.74, 6) is -1.58. The van der Waals surface area contributed by atoms with Crippen LogP contribution in [-0.4, -0.2) is 19.5 Å². The summed E-state index contributed by atoms with van der Waals surface area (Å²) in [6, 6.07) is 12.4. The lowest BCUT2D eigenvalue weighted by molar-refractivity contribution is -0.137. The number of rotatable bonds is 4. The largest absolute Gasteiger partial charge is 0.418 e. The second kappa shape index (κ2) is 8.06. The maximum Gasteiger partial charge on any atom is 0.418 e. The molecule has 0 unspecified atom stereocenters. The molecule has 4 aromatic rings. The first-order chi connectivity index (χ1) is 15.5. The van der Waals surface area contributed by atoms with Gasteiger partial charge in [0.15, 0.2) is 0 Å². The van der Waals surface area contributed by atoms with Crippen LogP contribution in [0.25, 0.3) is 17.1 Å². The molecular weight excluding hydrogens is 439 g/mol. The van der Waals surface area contributed by atoms with Gasteiger partial charge < -0.3 is 4.57 Å². The number of alkyl halides is 3. The highest BCUT2D eigenvalue weighted by Gasteiger charge is 2.34. The molecule has 9 heteroatoms. The number of pyridine rings is 3. The predicted octanol–water partition coefficient (Wildman–Crippen LogP) is 6.26. The van der Waals surface area contributed by atoms with Gasteiger partial charge >= 0.3 is 6.18 Å². The van der Waals surface area contributed by atoms with Gasteiger partial charge in [-0.3, -0.25) is 4.98 Å². The van der Waals surface area contributed by atoms with Crippen molar-refractivity contribution in [3.8, 4) is 17.1 Å². The maximum atomic E-state index is 14.2. The summed E-state index contributed by atoms with van der Waals surface area (Å²) < 4.78 is 68.3. The fraction of sp³-hybridized carbons (Fsp3) is 0.208. The lowest BCUT2D eigenvalue weighted by Gasteiger charge is -2.24. The summed E-state index contributed by atoms with van der Waals surface area (Å²) >= 11 is 0. The fourth-order valence-electron chi connectivity index (χ4n) is 3.57. The van der Waals surface area contributed by atoms with E-state index in [1.165, 1.54) is 23.8 Å². The van der Waals surface area contributed by atoms with Crippen molar-refractivity contribution in [2.75, 3.05) is 0 Å². The molecule has 0 aliphatic carbocycles. The van der Waals surface area contributed by atoms with Crippen LogP contribution in [0.2, 0.25) is 0 Å². The van der Waals surface area contributed by atoms with Crippen LogP contribution >= 0.6 is 0 Å². The first-order valence-electron chi connectivity index (χ1n) is 10.0. The number of aromatic nitrogens is 4. The van der Waals surface area contributed by atoms with Crippen molar-refractivity contribution in [3.05, 3.63) is 95.3 Å². The van der Waals surface area contributed by atoms with E-state index in [1.807, 2.05) is 13.8 Å². The Kier molecular flexibility index (Phi) is 5.51. The third kappa shape index (κ3) is 4.35. The average Bonchev–Trinajstić information content (AvgIpc) is 3.16. The van der Waals surface area contributed by atoms with Crippen molar-refractivity contribution in [2.45, 2.75) is 32.4 Å². The molecule has 0 aliphatic heterocycles.